The Morgan fingerprint density at radius 2 is 2.12 bits per heavy atom. The van der Waals surface area contributed by atoms with Crippen LogP contribution in [-0.4, -0.2) is 60.1 Å². The lowest BCUT2D eigenvalue weighted by Crippen LogP contribution is -2.46. The van der Waals surface area contributed by atoms with Crippen molar-refractivity contribution >= 4 is 11.8 Å². The van der Waals surface area contributed by atoms with Crippen molar-refractivity contribution in [1.82, 2.24) is 20.0 Å². The van der Waals surface area contributed by atoms with Gasteiger partial charge in [-0.15, -0.1) is 0 Å². The number of nitrogens with one attached hydrogen (secondary N) is 2. The number of hydrogen-bond acceptors (Lipinski definition) is 4. The van der Waals surface area contributed by atoms with E-state index in [1.807, 2.05) is 43.6 Å². The first-order chi connectivity index (χ1) is 11.6. The van der Waals surface area contributed by atoms with Crippen LogP contribution in [0.3, 0.4) is 0 Å². The van der Waals surface area contributed by atoms with Crippen LogP contribution < -0.4 is 10.6 Å². The Morgan fingerprint density at radius 1 is 1.33 bits per heavy atom. The van der Waals surface area contributed by atoms with Gasteiger partial charge in [-0.05, 0) is 12.6 Å². The van der Waals surface area contributed by atoms with Crippen molar-refractivity contribution in [3.8, 4) is 11.1 Å². The van der Waals surface area contributed by atoms with Gasteiger partial charge in [-0.1, -0.05) is 30.3 Å². The number of likely N-dealkylation sites (N-methyl/N-ethyl adjacent to an activating group) is 1. The number of anilines is 1. The van der Waals surface area contributed by atoms with E-state index in [9.17, 15) is 4.79 Å². The fraction of sp³-hybridized carbons (Fsp3) is 0.412. The van der Waals surface area contributed by atoms with E-state index in [0.29, 0.717) is 19.0 Å². The SMILES string of the molecule is CN1CCO[C@H](CNC(=O)Nc2nn(C)cc2-c2ccccc2)C1. The Balaban J connectivity index is 1.60. The largest absolute Gasteiger partial charge is 0.374 e. The second kappa shape index (κ2) is 7.46. The number of ether oxygens (including phenoxy) is 1. The molecule has 7 heteroatoms. The fourth-order valence-corrected chi connectivity index (χ4v) is 2.76. The van der Waals surface area contributed by atoms with Gasteiger partial charge >= 0.3 is 6.03 Å². The molecule has 0 saturated carbocycles. The molecule has 0 spiro atoms. The summed E-state index contributed by atoms with van der Waals surface area (Å²) in [4.78, 5) is 14.4. The van der Waals surface area contributed by atoms with E-state index in [-0.39, 0.29) is 12.1 Å². The standard InChI is InChI=1S/C17H23N5O2/c1-21-8-9-24-14(11-21)10-18-17(23)19-16-15(12-22(2)20-16)13-6-4-3-5-7-13/h3-7,12,14H,8-11H2,1-2H3,(H2,18,19,20,23)/t14-/m1/s1. The molecule has 128 valence electrons. The highest BCUT2D eigenvalue weighted by Crippen LogP contribution is 2.26. The number of aryl methyl sites for hydroxylation is 1. The molecule has 7 nitrogen and oxygen atoms in total. The second-order valence-corrected chi connectivity index (χ2v) is 6.02. The summed E-state index contributed by atoms with van der Waals surface area (Å²) in [5, 5.41) is 10.0. The summed E-state index contributed by atoms with van der Waals surface area (Å²) in [5.41, 5.74) is 1.90. The second-order valence-electron chi connectivity index (χ2n) is 6.02. The van der Waals surface area contributed by atoms with E-state index in [1.165, 1.54) is 0 Å². The molecule has 2 N–H and O–H groups in total. The number of benzene rings is 1. The average Bonchev–Trinajstić information content (AvgIpc) is 2.94. The summed E-state index contributed by atoms with van der Waals surface area (Å²) < 4.78 is 7.33. The van der Waals surface area contributed by atoms with Crippen LogP contribution in [0.1, 0.15) is 0 Å². The molecule has 1 aliphatic heterocycles. The third-order valence-electron chi connectivity index (χ3n) is 3.98. The molecule has 1 aromatic carbocycles. The van der Waals surface area contributed by atoms with E-state index in [4.69, 9.17) is 4.74 Å². The first kappa shape index (κ1) is 16.5. The van der Waals surface area contributed by atoms with E-state index in [0.717, 1.165) is 24.2 Å². The van der Waals surface area contributed by atoms with Crippen LogP contribution in [-0.2, 0) is 11.8 Å². The fourth-order valence-electron chi connectivity index (χ4n) is 2.76. The normalized spacial score (nSPS) is 18.3. The van der Waals surface area contributed by atoms with Crippen LogP contribution in [0.15, 0.2) is 36.5 Å². The minimum Gasteiger partial charge on any atom is -0.374 e. The summed E-state index contributed by atoms with van der Waals surface area (Å²) in [5.74, 6) is 0.544. The minimum absolute atomic E-state index is 0.0202. The molecule has 2 aromatic rings. The van der Waals surface area contributed by atoms with Crippen molar-refractivity contribution < 1.29 is 9.53 Å². The van der Waals surface area contributed by atoms with Crippen LogP contribution in [0.5, 0.6) is 0 Å². The number of carbonyl (C=O) groups is 1. The van der Waals surface area contributed by atoms with Crippen molar-refractivity contribution in [2.75, 3.05) is 38.6 Å². The molecule has 0 unspecified atom stereocenters. The van der Waals surface area contributed by atoms with Crippen molar-refractivity contribution in [2.45, 2.75) is 6.10 Å². The molecule has 1 aromatic heterocycles. The van der Waals surface area contributed by atoms with Crippen LogP contribution in [0.2, 0.25) is 0 Å². The zero-order valence-electron chi connectivity index (χ0n) is 14.0. The summed E-state index contributed by atoms with van der Waals surface area (Å²) in [6.07, 6.45) is 1.91. The molecule has 2 heterocycles. The summed E-state index contributed by atoms with van der Waals surface area (Å²) >= 11 is 0. The van der Waals surface area contributed by atoms with Gasteiger partial charge in [-0.2, -0.15) is 5.10 Å². The van der Waals surface area contributed by atoms with Gasteiger partial charge in [0.2, 0.25) is 0 Å². The third-order valence-corrected chi connectivity index (χ3v) is 3.98. The lowest BCUT2D eigenvalue weighted by molar-refractivity contribution is -0.0166. The number of morpholine rings is 1. The van der Waals surface area contributed by atoms with Gasteiger partial charge in [-0.3, -0.25) is 10.00 Å². The first-order valence-electron chi connectivity index (χ1n) is 8.06. The van der Waals surface area contributed by atoms with Crippen LogP contribution in [0, 0.1) is 0 Å². The van der Waals surface area contributed by atoms with Crippen molar-refractivity contribution in [2.24, 2.45) is 7.05 Å². The monoisotopic (exact) mass is 329 g/mol. The predicted octanol–water partition coefficient (Wildman–Crippen LogP) is 1.54. The Kier molecular flexibility index (Phi) is 5.12. The lowest BCUT2D eigenvalue weighted by Gasteiger charge is -2.30. The Bertz CT molecular complexity index is 686. The number of amides is 2. The van der Waals surface area contributed by atoms with Gasteiger partial charge < -0.3 is 15.0 Å². The summed E-state index contributed by atoms with van der Waals surface area (Å²) in [6, 6.07) is 9.59. The highest BCUT2D eigenvalue weighted by Gasteiger charge is 2.19. The Morgan fingerprint density at radius 3 is 2.88 bits per heavy atom. The Hall–Kier alpha value is -2.38. The van der Waals surface area contributed by atoms with Gasteiger partial charge in [0.15, 0.2) is 5.82 Å². The molecular weight excluding hydrogens is 306 g/mol. The maximum absolute atomic E-state index is 12.2. The number of urea groups is 1. The van der Waals surface area contributed by atoms with Crippen molar-refractivity contribution in [3.05, 3.63) is 36.5 Å². The topological polar surface area (TPSA) is 71.4 Å². The number of carbonyl (C=O) groups excluding carboxylic acids is 1. The van der Waals surface area contributed by atoms with E-state index < -0.39 is 0 Å². The average molecular weight is 329 g/mol. The highest BCUT2D eigenvalue weighted by molar-refractivity contribution is 5.92. The van der Waals surface area contributed by atoms with Crippen LogP contribution in [0.25, 0.3) is 11.1 Å². The lowest BCUT2D eigenvalue weighted by atomic mass is 10.1. The van der Waals surface area contributed by atoms with Crippen molar-refractivity contribution in [3.63, 3.8) is 0 Å². The first-order valence-corrected chi connectivity index (χ1v) is 8.06. The molecule has 1 fully saturated rings. The van der Waals surface area contributed by atoms with Gasteiger partial charge in [0, 0.05) is 38.4 Å². The summed E-state index contributed by atoms with van der Waals surface area (Å²) in [6.45, 7) is 2.92. The van der Waals surface area contributed by atoms with Gasteiger partial charge in [0.05, 0.1) is 12.7 Å². The molecule has 0 aliphatic carbocycles. The maximum Gasteiger partial charge on any atom is 0.320 e. The van der Waals surface area contributed by atoms with E-state index in [2.05, 4.69) is 27.7 Å². The zero-order valence-corrected chi connectivity index (χ0v) is 14.0. The molecular formula is C17H23N5O2. The molecule has 24 heavy (non-hydrogen) atoms. The zero-order chi connectivity index (χ0) is 16.9. The molecule has 0 bridgehead atoms. The van der Waals surface area contributed by atoms with Gasteiger partial charge in [-0.25, -0.2) is 4.79 Å². The molecule has 1 saturated heterocycles. The number of hydrogen-bond donors (Lipinski definition) is 2. The molecule has 2 amide bonds. The van der Waals surface area contributed by atoms with Gasteiger partial charge in [0.25, 0.3) is 0 Å². The van der Waals surface area contributed by atoms with E-state index in [1.54, 1.807) is 4.68 Å². The number of aromatic nitrogens is 2. The van der Waals surface area contributed by atoms with Crippen LogP contribution in [0.4, 0.5) is 10.6 Å². The molecule has 0 radical (unpaired) electrons. The highest BCUT2D eigenvalue weighted by atomic mass is 16.5. The smallest absolute Gasteiger partial charge is 0.320 e. The third kappa shape index (κ3) is 4.12. The minimum atomic E-state index is -0.275. The predicted molar refractivity (Wildman–Crippen MR) is 92.9 cm³/mol. The number of rotatable bonds is 4. The quantitative estimate of drug-likeness (QED) is 0.892. The van der Waals surface area contributed by atoms with Crippen molar-refractivity contribution in [1.29, 1.82) is 0 Å². The summed E-state index contributed by atoms with van der Waals surface area (Å²) in [7, 11) is 3.89. The maximum atomic E-state index is 12.2. The van der Waals surface area contributed by atoms with Crippen LogP contribution >= 0.6 is 0 Å². The van der Waals surface area contributed by atoms with E-state index >= 15 is 0 Å². The van der Waals surface area contributed by atoms with Gasteiger partial charge in [0.1, 0.15) is 0 Å². The molecule has 1 aliphatic rings. The number of nitrogens with zero attached hydrogens (tertiary/aromatic N) is 3. The molecule has 3 rings (SSSR count). The molecule has 1 atom stereocenters. The Labute approximate surface area is 141 Å².